The third kappa shape index (κ3) is 5.95. The van der Waals surface area contributed by atoms with Gasteiger partial charge in [0, 0.05) is 12.5 Å². The fourth-order valence-electron chi connectivity index (χ4n) is 1.78. The van der Waals surface area contributed by atoms with Gasteiger partial charge in [-0.2, -0.15) is 0 Å². The molecule has 0 aliphatic carbocycles. The number of benzene rings is 1. The first kappa shape index (κ1) is 16.3. The first-order valence-electron chi connectivity index (χ1n) is 6.44. The van der Waals surface area contributed by atoms with Gasteiger partial charge in [0.25, 0.3) is 0 Å². The zero-order chi connectivity index (χ0) is 15.2. The number of hydrogen-bond acceptors (Lipinski definition) is 2. The predicted molar refractivity (Wildman–Crippen MR) is 69.0 cm³/mol. The molecule has 1 rings (SSSR count). The maximum Gasteiger partial charge on any atom is 0.573 e. The van der Waals surface area contributed by atoms with Crippen molar-refractivity contribution in [1.29, 1.82) is 0 Å². The smallest absolute Gasteiger partial charge is 0.406 e. The average molecular weight is 289 g/mol. The van der Waals surface area contributed by atoms with E-state index >= 15 is 0 Å². The molecule has 1 atom stereocenters. The number of ether oxygens (including phenoxy) is 1. The first-order chi connectivity index (χ1) is 9.31. The van der Waals surface area contributed by atoms with E-state index in [0.29, 0.717) is 5.56 Å². The van der Waals surface area contributed by atoms with Gasteiger partial charge in [0.1, 0.15) is 5.75 Å². The van der Waals surface area contributed by atoms with Gasteiger partial charge in [-0.1, -0.05) is 32.4 Å². The highest BCUT2D eigenvalue weighted by Gasteiger charge is 2.31. The van der Waals surface area contributed by atoms with Crippen LogP contribution in [0.3, 0.4) is 0 Å². The lowest BCUT2D eigenvalue weighted by Crippen LogP contribution is -2.28. The number of carbonyl (C=O) groups is 1. The molecule has 112 valence electrons. The monoisotopic (exact) mass is 289 g/mol. The third-order valence-electron chi connectivity index (χ3n) is 2.77. The summed E-state index contributed by atoms with van der Waals surface area (Å²) >= 11 is 0. The van der Waals surface area contributed by atoms with Gasteiger partial charge in [-0.3, -0.25) is 4.79 Å². The van der Waals surface area contributed by atoms with Gasteiger partial charge in [0.05, 0.1) is 0 Å². The summed E-state index contributed by atoms with van der Waals surface area (Å²) in [5.74, 6) is -0.491. The Morgan fingerprint density at radius 2 is 2.10 bits per heavy atom. The Labute approximate surface area is 116 Å². The Hall–Kier alpha value is -1.72. The Balaban J connectivity index is 2.56. The molecular formula is C14H18F3NO2. The van der Waals surface area contributed by atoms with Gasteiger partial charge in [-0.05, 0) is 24.1 Å². The first-order valence-corrected chi connectivity index (χ1v) is 6.44. The van der Waals surface area contributed by atoms with Crippen LogP contribution in [0.2, 0.25) is 0 Å². The van der Waals surface area contributed by atoms with Crippen molar-refractivity contribution in [3.8, 4) is 5.75 Å². The van der Waals surface area contributed by atoms with Crippen LogP contribution in [0.15, 0.2) is 24.3 Å². The summed E-state index contributed by atoms with van der Waals surface area (Å²) in [5, 5.41) is 2.70. The molecule has 1 N–H and O–H groups in total. The van der Waals surface area contributed by atoms with E-state index in [1.807, 2.05) is 13.8 Å². The van der Waals surface area contributed by atoms with Crippen LogP contribution >= 0.6 is 0 Å². The molecule has 1 aromatic rings. The number of alkyl halides is 3. The summed E-state index contributed by atoms with van der Waals surface area (Å²) in [6, 6.07) is 5.57. The van der Waals surface area contributed by atoms with Crippen molar-refractivity contribution in [3.63, 3.8) is 0 Å². The normalized spacial score (nSPS) is 12.8. The van der Waals surface area contributed by atoms with E-state index in [9.17, 15) is 18.0 Å². The van der Waals surface area contributed by atoms with Crippen molar-refractivity contribution in [2.75, 3.05) is 0 Å². The summed E-state index contributed by atoms with van der Waals surface area (Å²) < 4.78 is 40.1. The quantitative estimate of drug-likeness (QED) is 0.868. The van der Waals surface area contributed by atoms with E-state index in [4.69, 9.17) is 0 Å². The molecule has 0 radical (unpaired) electrons. The Morgan fingerprint density at radius 1 is 1.40 bits per heavy atom. The van der Waals surface area contributed by atoms with Crippen molar-refractivity contribution >= 4 is 5.91 Å². The number of nitrogens with one attached hydrogen (secondary N) is 1. The highest BCUT2D eigenvalue weighted by molar-refractivity contribution is 5.78. The van der Waals surface area contributed by atoms with Crippen LogP contribution in [0.5, 0.6) is 5.75 Å². The van der Waals surface area contributed by atoms with E-state index in [0.717, 1.165) is 12.8 Å². The van der Waals surface area contributed by atoms with E-state index in [1.54, 1.807) is 6.07 Å². The van der Waals surface area contributed by atoms with Crippen LogP contribution in [-0.2, 0) is 11.3 Å². The molecular weight excluding hydrogens is 271 g/mol. The highest BCUT2D eigenvalue weighted by atomic mass is 19.4. The molecule has 0 fully saturated rings. The fraction of sp³-hybridized carbons (Fsp3) is 0.500. The van der Waals surface area contributed by atoms with E-state index in [2.05, 4.69) is 10.1 Å². The van der Waals surface area contributed by atoms with Crippen molar-refractivity contribution < 1.29 is 22.7 Å². The van der Waals surface area contributed by atoms with Crippen LogP contribution in [0.4, 0.5) is 13.2 Å². The zero-order valence-corrected chi connectivity index (χ0v) is 11.5. The van der Waals surface area contributed by atoms with Crippen molar-refractivity contribution in [3.05, 3.63) is 29.8 Å². The molecule has 0 bridgehead atoms. The van der Waals surface area contributed by atoms with E-state index < -0.39 is 6.36 Å². The maximum absolute atomic E-state index is 12.1. The maximum atomic E-state index is 12.1. The van der Waals surface area contributed by atoms with E-state index in [1.165, 1.54) is 18.2 Å². The van der Waals surface area contributed by atoms with Gasteiger partial charge in [0.2, 0.25) is 5.91 Å². The van der Waals surface area contributed by atoms with Gasteiger partial charge >= 0.3 is 6.36 Å². The third-order valence-corrected chi connectivity index (χ3v) is 2.77. The number of carbonyl (C=O) groups excluding carboxylic acids is 1. The lowest BCUT2D eigenvalue weighted by molar-refractivity contribution is -0.274. The highest BCUT2D eigenvalue weighted by Crippen LogP contribution is 2.23. The van der Waals surface area contributed by atoms with Crippen molar-refractivity contribution in [1.82, 2.24) is 5.32 Å². The standard InChI is InChI=1S/C14H18F3NO2/c1-3-5-10(2)13(19)18-9-11-6-4-7-12(8-11)20-14(15,16)17/h4,6-8,10H,3,5,9H2,1-2H3,(H,18,19). The predicted octanol–water partition coefficient (Wildman–Crippen LogP) is 3.64. The fourth-order valence-corrected chi connectivity index (χ4v) is 1.78. The second-order valence-corrected chi connectivity index (χ2v) is 4.60. The minimum atomic E-state index is -4.71. The number of rotatable bonds is 6. The van der Waals surface area contributed by atoms with E-state index in [-0.39, 0.29) is 24.1 Å². The number of hydrogen-bond donors (Lipinski definition) is 1. The Bertz CT molecular complexity index is 446. The number of halogens is 3. The summed E-state index contributed by atoms with van der Waals surface area (Å²) in [6.07, 6.45) is -3.02. The van der Waals surface area contributed by atoms with Crippen LogP contribution in [0.1, 0.15) is 32.3 Å². The molecule has 0 saturated carbocycles. The Kier molecular flexibility index (Phi) is 5.85. The molecule has 3 nitrogen and oxygen atoms in total. The van der Waals surface area contributed by atoms with Crippen LogP contribution in [-0.4, -0.2) is 12.3 Å². The minimum absolute atomic E-state index is 0.102. The van der Waals surface area contributed by atoms with Crippen LogP contribution < -0.4 is 10.1 Å². The van der Waals surface area contributed by atoms with Gasteiger partial charge in [-0.15, -0.1) is 13.2 Å². The summed E-state index contributed by atoms with van der Waals surface area (Å²) in [4.78, 5) is 11.7. The van der Waals surface area contributed by atoms with Gasteiger partial charge in [-0.25, -0.2) is 0 Å². The SMILES string of the molecule is CCCC(C)C(=O)NCc1cccc(OC(F)(F)F)c1. The van der Waals surface area contributed by atoms with Gasteiger partial charge < -0.3 is 10.1 Å². The zero-order valence-electron chi connectivity index (χ0n) is 11.5. The lowest BCUT2D eigenvalue weighted by Gasteiger charge is -2.12. The number of amides is 1. The second-order valence-electron chi connectivity index (χ2n) is 4.60. The van der Waals surface area contributed by atoms with Crippen LogP contribution in [0, 0.1) is 5.92 Å². The Morgan fingerprint density at radius 3 is 2.70 bits per heavy atom. The molecule has 6 heteroatoms. The lowest BCUT2D eigenvalue weighted by atomic mass is 10.1. The molecule has 0 aromatic heterocycles. The van der Waals surface area contributed by atoms with Crippen molar-refractivity contribution in [2.24, 2.45) is 5.92 Å². The average Bonchev–Trinajstić information content (AvgIpc) is 2.34. The molecule has 0 spiro atoms. The summed E-state index contributed by atoms with van der Waals surface area (Å²) in [7, 11) is 0. The molecule has 0 aliphatic heterocycles. The summed E-state index contributed by atoms with van der Waals surface area (Å²) in [5.41, 5.74) is 0.559. The molecule has 0 saturated heterocycles. The molecule has 1 amide bonds. The van der Waals surface area contributed by atoms with Crippen LogP contribution in [0.25, 0.3) is 0 Å². The topological polar surface area (TPSA) is 38.3 Å². The van der Waals surface area contributed by atoms with Gasteiger partial charge in [0.15, 0.2) is 0 Å². The minimum Gasteiger partial charge on any atom is -0.406 e. The molecule has 1 unspecified atom stereocenters. The van der Waals surface area contributed by atoms with Crippen molar-refractivity contribution in [2.45, 2.75) is 39.6 Å². The second kappa shape index (κ2) is 7.17. The summed E-state index contributed by atoms with van der Waals surface area (Å²) in [6.45, 7) is 3.99. The molecule has 1 aromatic carbocycles. The molecule has 20 heavy (non-hydrogen) atoms. The largest absolute Gasteiger partial charge is 0.573 e. The molecule has 0 heterocycles. The molecule has 0 aliphatic rings.